The Morgan fingerprint density at radius 3 is 2.65 bits per heavy atom. The van der Waals surface area contributed by atoms with Crippen molar-refractivity contribution in [1.29, 1.82) is 0 Å². The summed E-state index contributed by atoms with van der Waals surface area (Å²) in [6.07, 6.45) is 3.32. The van der Waals surface area contributed by atoms with Crippen LogP contribution in [0.15, 0.2) is 66.1 Å². The fraction of sp³-hybridized carbons (Fsp3) is 0.0952. The van der Waals surface area contributed by atoms with E-state index in [-0.39, 0.29) is 18.2 Å². The normalized spacial score (nSPS) is 10.8. The van der Waals surface area contributed by atoms with Gasteiger partial charge in [-0.25, -0.2) is 4.39 Å². The number of thiophene rings is 1. The van der Waals surface area contributed by atoms with Crippen molar-refractivity contribution in [3.8, 4) is 11.5 Å². The van der Waals surface area contributed by atoms with Gasteiger partial charge in [0.2, 0.25) is 0 Å². The van der Waals surface area contributed by atoms with E-state index >= 15 is 0 Å². The highest BCUT2D eigenvalue weighted by Crippen LogP contribution is 2.23. The van der Waals surface area contributed by atoms with Gasteiger partial charge in [0.05, 0.1) is 12.0 Å². The molecule has 0 radical (unpaired) electrons. The SMILES string of the molecule is COc1ccc(/C=C/C(=O)c2cccs2)cc1COc1ccc(F)cc1. The molecular formula is C21H17FO3S. The standard InChI is InChI=1S/C21H17FO3S/c1-24-20-11-5-15(4-10-19(23)21-3-2-12-26-21)13-16(20)14-25-18-8-6-17(22)7-9-18/h2-13H,14H2,1H3/b10-4+. The molecule has 0 aliphatic carbocycles. The molecule has 0 amide bonds. The van der Waals surface area contributed by atoms with Gasteiger partial charge in [0.25, 0.3) is 0 Å². The van der Waals surface area contributed by atoms with Crippen molar-refractivity contribution in [2.45, 2.75) is 6.61 Å². The van der Waals surface area contributed by atoms with Crippen LogP contribution in [-0.4, -0.2) is 12.9 Å². The summed E-state index contributed by atoms with van der Waals surface area (Å²) in [5, 5.41) is 1.87. The Morgan fingerprint density at radius 1 is 1.15 bits per heavy atom. The third kappa shape index (κ3) is 4.58. The highest BCUT2D eigenvalue weighted by molar-refractivity contribution is 7.12. The van der Waals surface area contributed by atoms with E-state index in [1.165, 1.54) is 23.5 Å². The average Bonchev–Trinajstić information content (AvgIpc) is 3.20. The summed E-state index contributed by atoms with van der Waals surface area (Å²) in [6, 6.07) is 15.1. The van der Waals surface area contributed by atoms with E-state index in [0.717, 1.165) is 11.1 Å². The number of ether oxygens (including phenoxy) is 2. The van der Waals surface area contributed by atoms with Gasteiger partial charge < -0.3 is 9.47 Å². The minimum Gasteiger partial charge on any atom is -0.496 e. The van der Waals surface area contributed by atoms with Gasteiger partial charge in [-0.1, -0.05) is 18.2 Å². The largest absolute Gasteiger partial charge is 0.496 e. The van der Waals surface area contributed by atoms with Crippen LogP contribution in [0.1, 0.15) is 20.8 Å². The lowest BCUT2D eigenvalue weighted by atomic mass is 10.1. The maximum absolute atomic E-state index is 13.0. The Labute approximate surface area is 155 Å². The predicted molar refractivity (Wildman–Crippen MR) is 101 cm³/mol. The minimum atomic E-state index is -0.308. The lowest BCUT2D eigenvalue weighted by Crippen LogP contribution is -1.99. The number of hydrogen-bond acceptors (Lipinski definition) is 4. The molecule has 0 saturated carbocycles. The molecule has 0 bridgehead atoms. The summed E-state index contributed by atoms with van der Waals surface area (Å²) in [6.45, 7) is 0.273. The zero-order chi connectivity index (χ0) is 18.4. The lowest BCUT2D eigenvalue weighted by molar-refractivity contribution is 0.105. The highest BCUT2D eigenvalue weighted by Gasteiger charge is 2.06. The summed E-state index contributed by atoms with van der Waals surface area (Å²) >= 11 is 1.41. The zero-order valence-corrected chi connectivity index (χ0v) is 15.0. The van der Waals surface area contributed by atoms with Crippen molar-refractivity contribution < 1.29 is 18.7 Å². The van der Waals surface area contributed by atoms with Gasteiger partial charge in [-0.2, -0.15) is 0 Å². The first kappa shape index (κ1) is 17.9. The van der Waals surface area contributed by atoms with Crippen molar-refractivity contribution in [1.82, 2.24) is 0 Å². The third-order valence-electron chi connectivity index (χ3n) is 3.70. The number of halogens is 1. The van der Waals surface area contributed by atoms with E-state index in [4.69, 9.17) is 9.47 Å². The Balaban J connectivity index is 1.73. The molecule has 5 heteroatoms. The molecule has 1 aromatic heterocycles. The minimum absolute atomic E-state index is 0.0278. The molecule has 0 N–H and O–H groups in total. The molecule has 132 valence electrons. The number of ketones is 1. The predicted octanol–water partition coefficient (Wildman–Crippen LogP) is 5.37. The zero-order valence-electron chi connectivity index (χ0n) is 14.1. The van der Waals surface area contributed by atoms with Gasteiger partial charge in [-0.05, 0) is 59.5 Å². The van der Waals surface area contributed by atoms with Crippen molar-refractivity contribution in [3.05, 3.63) is 87.9 Å². The number of benzene rings is 2. The van der Waals surface area contributed by atoms with Crippen LogP contribution in [0.2, 0.25) is 0 Å². The molecule has 2 aromatic carbocycles. The second-order valence-electron chi connectivity index (χ2n) is 5.49. The molecule has 0 aliphatic rings. The van der Waals surface area contributed by atoms with Crippen LogP contribution < -0.4 is 9.47 Å². The monoisotopic (exact) mass is 368 g/mol. The number of hydrogen-bond donors (Lipinski definition) is 0. The molecular weight excluding hydrogens is 351 g/mol. The van der Waals surface area contributed by atoms with E-state index in [1.807, 2.05) is 29.6 Å². The quantitative estimate of drug-likeness (QED) is 0.415. The lowest BCUT2D eigenvalue weighted by Gasteiger charge is -2.11. The Morgan fingerprint density at radius 2 is 1.96 bits per heavy atom. The maximum Gasteiger partial charge on any atom is 0.195 e. The Hall–Kier alpha value is -2.92. The smallest absolute Gasteiger partial charge is 0.195 e. The van der Waals surface area contributed by atoms with Crippen LogP contribution >= 0.6 is 11.3 Å². The summed E-state index contributed by atoms with van der Waals surface area (Å²) in [7, 11) is 1.59. The molecule has 3 nitrogen and oxygen atoms in total. The number of carbonyl (C=O) groups is 1. The molecule has 26 heavy (non-hydrogen) atoms. The molecule has 0 saturated heterocycles. The summed E-state index contributed by atoms with van der Waals surface area (Å²) in [5.41, 5.74) is 1.70. The molecule has 0 fully saturated rings. The first-order valence-electron chi connectivity index (χ1n) is 7.97. The van der Waals surface area contributed by atoms with Crippen molar-refractivity contribution in [3.63, 3.8) is 0 Å². The topological polar surface area (TPSA) is 35.5 Å². The van der Waals surface area contributed by atoms with Crippen LogP contribution in [0.5, 0.6) is 11.5 Å². The van der Waals surface area contributed by atoms with E-state index < -0.39 is 0 Å². The Bertz CT molecular complexity index is 900. The van der Waals surface area contributed by atoms with Crippen molar-refractivity contribution in [2.75, 3.05) is 7.11 Å². The summed E-state index contributed by atoms with van der Waals surface area (Å²) in [4.78, 5) is 12.8. The van der Waals surface area contributed by atoms with Crippen LogP contribution in [0.25, 0.3) is 6.08 Å². The first-order chi connectivity index (χ1) is 12.7. The number of carbonyl (C=O) groups excluding carboxylic acids is 1. The second kappa shape index (κ2) is 8.45. The summed E-state index contributed by atoms with van der Waals surface area (Å²) < 4.78 is 24.0. The van der Waals surface area contributed by atoms with E-state index in [9.17, 15) is 9.18 Å². The molecule has 0 atom stereocenters. The van der Waals surface area contributed by atoms with Crippen LogP contribution in [0.4, 0.5) is 4.39 Å². The van der Waals surface area contributed by atoms with E-state index in [0.29, 0.717) is 16.4 Å². The summed E-state index contributed by atoms with van der Waals surface area (Å²) in [5.74, 6) is 0.925. The van der Waals surface area contributed by atoms with Gasteiger partial charge >= 0.3 is 0 Å². The van der Waals surface area contributed by atoms with E-state index in [2.05, 4.69) is 0 Å². The fourth-order valence-electron chi connectivity index (χ4n) is 2.38. The third-order valence-corrected chi connectivity index (χ3v) is 4.59. The average molecular weight is 368 g/mol. The molecule has 0 spiro atoms. The van der Waals surface area contributed by atoms with Gasteiger partial charge in [-0.3, -0.25) is 4.79 Å². The van der Waals surface area contributed by atoms with Gasteiger partial charge in [0, 0.05) is 5.56 Å². The molecule has 3 aromatic rings. The van der Waals surface area contributed by atoms with E-state index in [1.54, 1.807) is 37.5 Å². The van der Waals surface area contributed by atoms with Gasteiger partial charge in [0.15, 0.2) is 5.78 Å². The maximum atomic E-state index is 13.0. The number of methoxy groups -OCH3 is 1. The highest BCUT2D eigenvalue weighted by atomic mass is 32.1. The van der Waals surface area contributed by atoms with Crippen LogP contribution in [0, 0.1) is 5.82 Å². The van der Waals surface area contributed by atoms with Crippen molar-refractivity contribution in [2.24, 2.45) is 0 Å². The number of allylic oxidation sites excluding steroid dienone is 1. The van der Waals surface area contributed by atoms with Gasteiger partial charge in [-0.15, -0.1) is 11.3 Å². The Kier molecular flexibility index (Phi) is 5.81. The molecule has 0 unspecified atom stereocenters. The molecule has 3 rings (SSSR count). The number of rotatable bonds is 7. The first-order valence-corrected chi connectivity index (χ1v) is 8.85. The molecule has 0 aliphatic heterocycles. The van der Waals surface area contributed by atoms with Crippen molar-refractivity contribution >= 4 is 23.2 Å². The van der Waals surface area contributed by atoms with Crippen LogP contribution in [0.3, 0.4) is 0 Å². The molecule has 1 heterocycles. The van der Waals surface area contributed by atoms with Gasteiger partial charge in [0.1, 0.15) is 23.9 Å². The van der Waals surface area contributed by atoms with Crippen LogP contribution in [-0.2, 0) is 6.61 Å². The fourth-order valence-corrected chi connectivity index (χ4v) is 3.02. The second-order valence-corrected chi connectivity index (χ2v) is 6.44.